The van der Waals surface area contributed by atoms with E-state index in [1.165, 1.54) is 0 Å². The number of benzene rings is 1. The molecule has 5 nitrogen and oxygen atoms in total. The van der Waals surface area contributed by atoms with Gasteiger partial charge >= 0.3 is 0 Å². The van der Waals surface area contributed by atoms with Crippen molar-refractivity contribution < 1.29 is 9.47 Å². The van der Waals surface area contributed by atoms with E-state index in [1.807, 2.05) is 29.9 Å². The summed E-state index contributed by atoms with van der Waals surface area (Å²) in [5.41, 5.74) is 6.35. The Morgan fingerprint density at radius 2 is 2.20 bits per heavy atom. The number of hydrogen-bond donors (Lipinski definition) is 1. The maximum atomic E-state index is 5.73. The van der Waals surface area contributed by atoms with Crippen LogP contribution in [-0.2, 0) is 13.5 Å². The predicted molar refractivity (Wildman–Crippen MR) is 81.3 cm³/mol. The molecule has 20 heavy (non-hydrogen) atoms. The zero-order chi connectivity index (χ0) is 14.5. The summed E-state index contributed by atoms with van der Waals surface area (Å²) >= 11 is 4.94. The maximum Gasteiger partial charge on any atom is 0.161 e. The highest BCUT2D eigenvalue weighted by Crippen LogP contribution is 2.28. The molecule has 6 heteroatoms. The van der Waals surface area contributed by atoms with E-state index in [1.54, 1.807) is 19.4 Å². The highest BCUT2D eigenvalue weighted by atomic mass is 32.1. The molecule has 0 saturated heterocycles. The lowest BCUT2D eigenvalue weighted by Crippen LogP contribution is -2.10. The van der Waals surface area contributed by atoms with Crippen molar-refractivity contribution in [2.24, 2.45) is 12.8 Å². The van der Waals surface area contributed by atoms with Crippen molar-refractivity contribution in [3.8, 4) is 11.5 Å². The van der Waals surface area contributed by atoms with E-state index in [9.17, 15) is 0 Å². The fourth-order valence-electron chi connectivity index (χ4n) is 1.83. The van der Waals surface area contributed by atoms with Crippen molar-refractivity contribution in [2.45, 2.75) is 6.42 Å². The highest BCUT2D eigenvalue weighted by Gasteiger charge is 2.08. The van der Waals surface area contributed by atoms with Gasteiger partial charge in [0.05, 0.1) is 13.7 Å². The van der Waals surface area contributed by atoms with Gasteiger partial charge in [-0.05, 0) is 18.2 Å². The first-order chi connectivity index (χ1) is 9.61. The van der Waals surface area contributed by atoms with Gasteiger partial charge in [0.25, 0.3) is 0 Å². The van der Waals surface area contributed by atoms with Gasteiger partial charge in [0.1, 0.15) is 10.8 Å². The Bertz CT molecular complexity index is 610. The first-order valence-corrected chi connectivity index (χ1v) is 6.59. The predicted octanol–water partition coefficient (Wildman–Crippen LogP) is 1.68. The van der Waals surface area contributed by atoms with E-state index in [4.69, 9.17) is 27.4 Å². The topological polar surface area (TPSA) is 62.3 Å². The Labute approximate surface area is 123 Å². The number of thiocarbonyl (C=S) groups is 1. The molecule has 0 bridgehead atoms. The summed E-state index contributed by atoms with van der Waals surface area (Å²) in [6, 6.07) is 5.41. The Kier molecular flexibility index (Phi) is 4.57. The van der Waals surface area contributed by atoms with E-state index in [0.29, 0.717) is 23.1 Å². The van der Waals surface area contributed by atoms with Gasteiger partial charge in [-0.15, -0.1) is 0 Å². The van der Waals surface area contributed by atoms with Crippen molar-refractivity contribution >= 4 is 17.2 Å². The number of nitrogens with zero attached hydrogens (tertiary/aromatic N) is 2. The van der Waals surface area contributed by atoms with Crippen LogP contribution in [0.5, 0.6) is 11.5 Å². The quantitative estimate of drug-likeness (QED) is 0.821. The second-order valence-electron chi connectivity index (χ2n) is 4.28. The van der Waals surface area contributed by atoms with Crippen molar-refractivity contribution in [1.29, 1.82) is 0 Å². The molecule has 0 aliphatic rings. The number of ether oxygens (including phenoxy) is 2. The van der Waals surface area contributed by atoms with E-state index >= 15 is 0 Å². The molecule has 2 aromatic rings. The third kappa shape index (κ3) is 3.27. The van der Waals surface area contributed by atoms with Crippen LogP contribution >= 0.6 is 12.2 Å². The molecule has 0 spiro atoms. The van der Waals surface area contributed by atoms with Crippen LogP contribution in [0.4, 0.5) is 0 Å². The van der Waals surface area contributed by atoms with Crippen molar-refractivity contribution in [3.05, 3.63) is 42.0 Å². The second-order valence-corrected chi connectivity index (χ2v) is 4.72. The molecule has 1 heterocycles. The van der Waals surface area contributed by atoms with Crippen LogP contribution in [-0.4, -0.2) is 28.3 Å². The standard InChI is InChI=1S/C14H17N3O2S/c1-17-7-6-16-13(17)5-8-19-11-4-3-10(14(15)20)9-12(11)18-2/h3-4,6-7,9H,5,8H2,1-2H3,(H2,15,20). The molecule has 1 aromatic carbocycles. The molecule has 0 aliphatic carbocycles. The molecule has 0 unspecified atom stereocenters. The Hall–Kier alpha value is -2.08. The van der Waals surface area contributed by atoms with Crippen LogP contribution in [0.15, 0.2) is 30.6 Å². The molecule has 0 amide bonds. The first-order valence-electron chi connectivity index (χ1n) is 6.18. The summed E-state index contributed by atoms with van der Waals surface area (Å²) in [5, 5.41) is 0. The molecule has 2 N–H and O–H groups in total. The van der Waals surface area contributed by atoms with Crippen molar-refractivity contribution in [3.63, 3.8) is 0 Å². The smallest absolute Gasteiger partial charge is 0.161 e. The fraction of sp³-hybridized carbons (Fsp3) is 0.286. The van der Waals surface area contributed by atoms with Gasteiger partial charge in [0.15, 0.2) is 11.5 Å². The normalized spacial score (nSPS) is 10.3. The van der Waals surface area contributed by atoms with E-state index in [2.05, 4.69) is 4.98 Å². The summed E-state index contributed by atoms with van der Waals surface area (Å²) in [5.74, 6) is 2.26. The average molecular weight is 291 g/mol. The fourth-order valence-corrected chi connectivity index (χ4v) is 1.96. The number of nitrogens with two attached hydrogens (primary N) is 1. The summed E-state index contributed by atoms with van der Waals surface area (Å²) < 4.78 is 13.0. The summed E-state index contributed by atoms with van der Waals surface area (Å²) in [4.78, 5) is 4.58. The van der Waals surface area contributed by atoms with Crippen LogP contribution < -0.4 is 15.2 Å². The van der Waals surface area contributed by atoms with Crippen LogP contribution in [0, 0.1) is 0 Å². The largest absolute Gasteiger partial charge is 0.493 e. The molecule has 0 aliphatic heterocycles. The molecule has 0 fully saturated rings. The molecule has 0 radical (unpaired) electrons. The monoisotopic (exact) mass is 291 g/mol. The third-order valence-electron chi connectivity index (χ3n) is 2.95. The van der Waals surface area contributed by atoms with E-state index in [-0.39, 0.29) is 0 Å². The first kappa shape index (κ1) is 14.3. The Morgan fingerprint density at radius 3 is 2.80 bits per heavy atom. The Balaban J connectivity index is 2.02. The number of imidazole rings is 1. The number of methoxy groups -OCH3 is 1. The lowest BCUT2D eigenvalue weighted by Gasteiger charge is -2.11. The number of aryl methyl sites for hydroxylation is 1. The molecular formula is C14H17N3O2S. The van der Waals surface area contributed by atoms with Crippen molar-refractivity contribution in [1.82, 2.24) is 9.55 Å². The second kappa shape index (κ2) is 6.38. The summed E-state index contributed by atoms with van der Waals surface area (Å²) in [6.07, 6.45) is 4.41. The molecule has 0 atom stereocenters. The van der Waals surface area contributed by atoms with Gasteiger partial charge in [0.2, 0.25) is 0 Å². The average Bonchev–Trinajstić information content (AvgIpc) is 2.84. The summed E-state index contributed by atoms with van der Waals surface area (Å²) in [6.45, 7) is 0.521. The van der Waals surface area contributed by atoms with Gasteiger partial charge in [-0.3, -0.25) is 0 Å². The van der Waals surface area contributed by atoms with Crippen molar-refractivity contribution in [2.75, 3.05) is 13.7 Å². The van der Waals surface area contributed by atoms with Gasteiger partial charge < -0.3 is 19.8 Å². The summed E-state index contributed by atoms with van der Waals surface area (Å²) in [7, 11) is 3.55. The van der Waals surface area contributed by atoms with E-state index in [0.717, 1.165) is 17.8 Å². The SMILES string of the molecule is COc1cc(C(N)=S)ccc1OCCc1nccn1C. The number of hydrogen-bond acceptors (Lipinski definition) is 4. The van der Waals surface area contributed by atoms with Crippen LogP contribution in [0.25, 0.3) is 0 Å². The van der Waals surface area contributed by atoms with Gasteiger partial charge in [0, 0.05) is 31.4 Å². The zero-order valence-electron chi connectivity index (χ0n) is 11.5. The molecule has 106 valence electrons. The number of aromatic nitrogens is 2. The molecular weight excluding hydrogens is 274 g/mol. The highest BCUT2D eigenvalue weighted by molar-refractivity contribution is 7.80. The lowest BCUT2D eigenvalue weighted by atomic mass is 10.2. The minimum atomic E-state index is 0.336. The Morgan fingerprint density at radius 1 is 1.40 bits per heavy atom. The number of rotatable bonds is 6. The maximum absolute atomic E-state index is 5.73. The molecule has 0 saturated carbocycles. The minimum absolute atomic E-state index is 0.336. The molecule has 2 rings (SSSR count). The van der Waals surface area contributed by atoms with Crippen LogP contribution in [0.3, 0.4) is 0 Å². The van der Waals surface area contributed by atoms with Crippen LogP contribution in [0.1, 0.15) is 11.4 Å². The third-order valence-corrected chi connectivity index (χ3v) is 3.19. The minimum Gasteiger partial charge on any atom is -0.493 e. The zero-order valence-corrected chi connectivity index (χ0v) is 12.3. The lowest BCUT2D eigenvalue weighted by molar-refractivity contribution is 0.294. The molecule has 1 aromatic heterocycles. The van der Waals surface area contributed by atoms with Crippen LogP contribution in [0.2, 0.25) is 0 Å². The van der Waals surface area contributed by atoms with E-state index < -0.39 is 0 Å². The van der Waals surface area contributed by atoms with Gasteiger partial charge in [-0.1, -0.05) is 12.2 Å². The van der Waals surface area contributed by atoms with Gasteiger partial charge in [-0.25, -0.2) is 4.98 Å². The van der Waals surface area contributed by atoms with Gasteiger partial charge in [-0.2, -0.15) is 0 Å².